The first kappa shape index (κ1) is 18.1. The molecule has 2 aliphatic heterocycles. The van der Waals surface area contributed by atoms with Crippen LogP contribution in [0, 0.1) is 0 Å². The number of fused-ring (bicyclic) bond motifs is 1. The lowest BCUT2D eigenvalue weighted by Crippen LogP contribution is -2.52. The van der Waals surface area contributed by atoms with Gasteiger partial charge in [-0.25, -0.2) is 0 Å². The number of carbonyl (C=O) groups excluding carboxylic acids is 3. The highest BCUT2D eigenvalue weighted by atomic mass is 16.2. The predicted octanol–water partition coefficient (Wildman–Crippen LogP) is 0.809. The fraction of sp³-hybridized carbons (Fsp3) is 0.550. The zero-order valence-corrected chi connectivity index (χ0v) is 15.4. The fourth-order valence-electron chi connectivity index (χ4n) is 4.19. The number of piperidine rings is 1. The maximum absolute atomic E-state index is 12.7. The van der Waals surface area contributed by atoms with Crippen LogP contribution in [-0.4, -0.2) is 40.7 Å². The molecule has 7 nitrogen and oxygen atoms in total. The Labute approximate surface area is 158 Å². The highest BCUT2D eigenvalue weighted by molar-refractivity contribution is 6.05. The van der Waals surface area contributed by atoms with Gasteiger partial charge in [0.15, 0.2) is 0 Å². The Hall–Kier alpha value is -2.25. The van der Waals surface area contributed by atoms with E-state index in [9.17, 15) is 14.4 Å². The third-order valence-corrected chi connectivity index (χ3v) is 6.07. The van der Waals surface area contributed by atoms with Crippen molar-refractivity contribution < 1.29 is 14.4 Å². The first-order valence-electron chi connectivity index (χ1n) is 9.71. The van der Waals surface area contributed by atoms with E-state index < -0.39 is 6.04 Å². The summed E-state index contributed by atoms with van der Waals surface area (Å²) in [6.45, 7) is 2.03. The van der Waals surface area contributed by atoms with E-state index in [2.05, 4.69) is 10.6 Å². The van der Waals surface area contributed by atoms with Gasteiger partial charge in [-0.1, -0.05) is 12.1 Å². The van der Waals surface area contributed by atoms with Gasteiger partial charge in [-0.05, 0) is 55.8 Å². The molecule has 1 unspecified atom stereocenters. The van der Waals surface area contributed by atoms with Gasteiger partial charge in [0, 0.05) is 30.6 Å². The molecular formula is C20H26N4O3. The van der Waals surface area contributed by atoms with Gasteiger partial charge in [0.05, 0.1) is 0 Å². The second kappa shape index (κ2) is 7.05. The molecule has 4 N–H and O–H groups in total. The topological polar surface area (TPSA) is 105 Å². The number of nitrogens with one attached hydrogen (secondary N) is 2. The summed E-state index contributed by atoms with van der Waals surface area (Å²) in [5.74, 6) is -0.773. The summed E-state index contributed by atoms with van der Waals surface area (Å²) >= 11 is 0. The maximum atomic E-state index is 12.7. The quantitative estimate of drug-likeness (QED) is 0.508. The highest BCUT2D eigenvalue weighted by Gasteiger charge is 2.39. The van der Waals surface area contributed by atoms with E-state index in [1.165, 1.54) is 6.42 Å². The van der Waals surface area contributed by atoms with E-state index >= 15 is 0 Å². The van der Waals surface area contributed by atoms with E-state index in [4.69, 9.17) is 5.73 Å². The molecule has 3 aliphatic rings. The van der Waals surface area contributed by atoms with Crippen LogP contribution < -0.4 is 16.4 Å². The number of carbonyl (C=O) groups is 3. The molecule has 1 saturated carbocycles. The van der Waals surface area contributed by atoms with Crippen LogP contribution in [0.15, 0.2) is 18.2 Å². The summed E-state index contributed by atoms with van der Waals surface area (Å²) in [6.07, 6.45) is 5.12. The Morgan fingerprint density at radius 1 is 1.26 bits per heavy atom. The number of amides is 3. The molecule has 1 saturated heterocycles. The standard InChI is InChI=1S/C20H26N4O3/c21-20(6-1-7-20)8-9-22-11-13-2-3-15-14(10-13)12-24(19(15)27)16-4-5-17(25)23-18(16)26/h2-3,10,16,22H,1,4-9,11-12,21H2,(H,23,25,26). The van der Waals surface area contributed by atoms with Crippen molar-refractivity contribution in [3.63, 3.8) is 0 Å². The molecule has 1 aromatic rings. The van der Waals surface area contributed by atoms with Crippen LogP contribution in [0.5, 0.6) is 0 Å². The Morgan fingerprint density at radius 2 is 2.07 bits per heavy atom. The van der Waals surface area contributed by atoms with Crippen LogP contribution in [0.3, 0.4) is 0 Å². The van der Waals surface area contributed by atoms with Crippen molar-refractivity contribution in [1.82, 2.24) is 15.5 Å². The number of hydrogen-bond acceptors (Lipinski definition) is 5. The van der Waals surface area contributed by atoms with E-state index in [-0.39, 0.29) is 29.7 Å². The molecule has 27 heavy (non-hydrogen) atoms. The molecule has 2 fully saturated rings. The average molecular weight is 370 g/mol. The molecule has 7 heteroatoms. The molecular weight excluding hydrogens is 344 g/mol. The molecule has 4 rings (SSSR count). The fourth-order valence-corrected chi connectivity index (χ4v) is 4.19. The second-order valence-corrected chi connectivity index (χ2v) is 8.03. The van der Waals surface area contributed by atoms with Crippen molar-refractivity contribution in [2.45, 2.75) is 63.2 Å². The van der Waals surface area contributed by atoms with Crippen LogP contribution in [0.2, 0.25) is 0 Å². The maximum Gasteiger partial charge on any atom is 0.255 e. The number of benzene rings is 1. The van der Waals surface area contributed by atoms with Gasteiger partial charge >= 0.3 is 0 Å². The Kier molecular flexibility index (Phi) is 4.74. The second-order valence-electron chi connectivity index (χ2n) is 8.03. The number of nitrogens with two attached hydrogens (primary N) is 1. The van der Waals surface area contributed by atoms with Gasteiger partial charge in [-0.3, -0.25) is 19.7 Å². The van der Waals surface area contributed by atoms with Gasteiger partial charge in [0.2, 0.25) is 11.8 Å². The van der Waals surface area contributed by atoms with Crippen LogP contribution in [0.1, 0.15) is 60.0 Å². The zero-order valence-electron chi connectivity index (χ0n) is 15.4. The minimum Gasteiger partial charge on any atom is -0.325 e. The normalized spacial score (nSPS) is 23.8. The number of nitrogens with zero attached hydrogens (tertiary/aromatic N) is 1. The van der Waals surface area contributed by atoms with Crippen molar-refractivity contribution in [1.29, 1.82) is 0 Å². The average Bonchev–Trinajstić information content (AvgIpc) is 2.93. The minimum atomic E-state index is -0.563. The molecule has 0 aromatic heterocycles. The molecule has 0 radical (unpaired) electrons. The lowest BCUT2D eigenvalue weighted by molar-refractivity contribution is -0.136. The van der Waals surface area contributed by atoms with Gasteiger partial charge in [0.25, 0.3) is 5.91 Å². The first-order valence-corrected chi connectivity index (χ1v) is 9.71. The molecule has 2 heterocycles. The van der Waals surface area contributed by atoms with Gasteiger partial charge in [-0.15, -0.1) is 0 Å². The van der Waals surface area contributed by atoms with Crippen LogP contribution in [0.25, 0.3) is 0 Å². The van der Waals surface area contributed by atoms with Gasteiger partial charge in [0.1, 0.15) is 6.04 Å². The third-order valence-electron chi connectivity index (χ3n) is 6.07. The van der Waals surface area contributed by atoms with E-state index in [0.29, 0.717) is 18.5 Å². The third kappa shape index (κ3) is 3.61. The summed E-state index contributed by atoms with van der Waals surface area (Å²) in [5.41, 5.74) is 8.98. The molecule has 3 amide bonds. The zero-order chi connectivity index (χ0) is 19.0. The highest BCUT2D eigenvalue weighted by Crippen LogP contribution is 2.31. The van der Waals surface area contributed by atoms with Crippen molar-refractivity contribution >= 4 is 17.7 Å². The first-order chi connectivity index (χ1) is 13.0. The number of imide groups is 1. The van der Waals surface area contributed by atoms with Crippen molar-refractivity contribution in [2.75, 3.05) is 6.54 Å². The number of rotatable bonds is 6. The van der Waals surface area contributed by atoms with Gasteiger partial charge in [-0.2, -0.15) is 0 Å². The van der Waals surface area contributed by atoms with Gasteiger partial charge < -0.3 is 16.0 Å². The van der Waals surface area contributed by atoms with Crippen molar-refractivity contribution in [2.24, 2.45) is 5.73 Å². The predicted molar refractivity (Wildman–Crippen MR) is 99.6 cm³/mol. The smallest absolute Gasteiger partial charge is 0.255 e. The van der Waals surface area contributed by atoms with Crippen LogP contribution in [0.4, 0.5) is 0 Å². The van der Waals surface area contributed by atoms with Crippen molar-refractivity contribution in [3.05, 3.63) is 34.9 Å². The molecule has 1 aromatic carbocycles. The minimum absolute atomic E-state index is 0.0276. The lowest BCUT2D eigenvalue weighted by atomic mass is 9.75. The van der Waals surface area contributed by atoms with Crippen LogP contribution >= 0.6 is 0 Å². The van der Waals surface area contributed by atoms with Crippen LogP contribution in [-0.2, 0) is 22.7 Å². The Bertz CT molecular complexity index is 787. The molecule has 144 valence electrons. The Morgan fingerprint density at radius 3 is 2.78 bits per heavy atom. The molecule has 0 spiro atoms. The number of hydrogen-bond donors (Lipinski definition) is 3. The lowest BCUT2D eigenvalue weighted by Gasteiger charge is -2.38. The van der Waals surface area contributed by atoms with Crippen molar-refractivity contribution in [3.8, 4) is 0 Å². The van der Waals surface area contributed by atoms with E-state index in [1.807, 2.05) is 18.2 Å². The van der Waals surface area contributed by atoms with E-state index in [1.54, 1.807) is 4.90 Å². The summed E-state index contributed by atoms with van der Waals surface area (Å²) in [4.78, 5) is 37.7. The molecule has 1 atom stereocenters. The Balaban J connectivity index is 1.36. The molecule has 1 aliphatic carbocycles. The summed E-state index contributed by atoms with van der Waals surface area (Å²) < 4.78 is 0. The summed E-state index contributed by atoms with van der Waals surface area (Å²) in [6, 6.07) is 5.27. The monoisotopic (exact) mass is 370 g/mol. The largest absolute Gasteiger partial charge is 0.325 e. The summed E-state index contributed by atoms with van der Waals surface area (Å²) in [7, 11) is 0. The van der Waals surface area contributed by atoms with E-state index in [0.717, 1.165) is 43.5 Å². The SMILES string of the molecule is NC1(CCNCc2ccc3c(c2)CN(C2CCC(=O)NC2=O)C3=O)CCC1. The molecule has 0 bridgehead atoms. The summed E-state index contributed by atoms with van der Waals surface area (Å²) in [5, 5.41) is 5.76.